The van der Waals surface area contributed by atoms with Crippen LogP contribution in [0.3, 0.4) is 0 Å². The summed E-state index contributed by atoms with van der Waals surface area (Å²) in [7, 11) is 1.55. The zero-order valence-corrected chi connectivity index (χ0v) is 11.1. The molecule has 0 heterocycles. The molecule has 1 amide bonds. The van der Waals surface area contributed by atoms with Gasteiger partial charge in [-0.15, -0.1) is 0 Å². The topological polar surface area (TPSA) is 102 Å². The number of hydrogen-bond donors (Lipinski definition) is 3. The Morgan fingerprint density at radius 1 is 1.33 bits per heavy atom. The second-order valence-electron chi connectivity index (χ2n) is 4.28. The molecule has 6 nitrogen and oxygen atoms in total. The molecule has 2 atom stereocenters. The van der Waals surface area contributed by atoms with Crippen LogP contribution in [0.5, 0.6) is 0 Å². The first kappa shape index (κ1) is 16.9. The number of nitrogens with two attached hydrogens (primary N) is 1. The van der Waals surface area contributed by atoms with E-state index in [2.05, 4.69) is 5.32 Å². The van der Waals surface area contributed by atoms with E-state index in [-0.39, 0.29) is 0 Å². The van der Waals surface area contributed by atoms with Gasteiger partial charge in [0.2, 0.25) is 5.91 Å². The molecule has 18 heavy (non-hydrogen) atoms. The van der Waals surface area contributed by atoms with Crippen molar-refractivity contribution in [1.29, 1.82) is 0 Å². The summed E-state index contributed by atoms with van der Waals surface area (Å²) in [6.45, 7) is 2.48. The van der Waals surface area contributed by atoms with Gasteiger partial charge in [-0.3, -0.25) is 4.79 Å². The number of rotatable bonds is 10. The fraction of sp³-hybridized carbons (Fsp3) is 0.833. The van der Waals surface area contributed by atoms with Gasteiger partial charge in [0.25, 0.3) is 0 Å². The molecule has 0 bridgehead atoms. The minimum absolute atomic E-state index is 0.343. The normalized spacial score (nSPS) is 13.9. The van der Waals surface area contributed by atoms with Gasteiger partial charge in [0.1, 0.15) is 6.04 Å². The molecule has 4 N–H and O–H groups in total. The Bertz CT molecular complexity index is 258. The van der Waals surface area contributed by atoms with Gasteiger partial charge in [-0.1, -0.05) is 19.8 Å². The van der Waals surface area contributed by atoms with E-state index < -0.39 is 24.0 Å². The van der Waals surface area contributed by atoms with Crippen LogP contribution in [0, 0.1) is 0 Å². The molecule has 0 saturated carbocycles. The minimum atomic E-state index is -1.04. The lowest BCUT2D eigenvalue weighted by Gasteiger charge is -2.17. The van der Waals surface area contributed by atoms with Crippen LogP contribution in [-0.4, -0.2) is 42.8 Å². The molecule has 0 aliphatic rings. The first-order valence-corrected chi connectivity index (χ1v) is 6.30. The quantitative estimate of drug-likeness (QED) is 0.496. The number of carbonyl (C=O) groups is 2. The van der Waals surface area contributed by atoms with E-state index in [1.807, 2.05) is 6.92 Å². The molecule has 106 valence electrons. The monoisotopic (exact) mass is 260 g/mol. The zero-order chi connectivity index (χ0) is 14.0. The summed E-state index contributed by atoms with van der Waals surface area (Å²) in [4.78, 5) is 22.6. The third-order valence-corrected chi connectivity index (χ3v) is 2.66. The van der Waals surface area contributed by atoms with Crippen molar-refractivity contribution < 1.29 is 19.4 Å². The maximum atomic E-state index is 11.7. The summed E-state index contributed by atoms with van der Waals surface area (Å²) in [5.74, 6) is -1.43. The highest BCUT2D eigenvalue weighted by Gasteiger charge is 2.22. The molecule has 0 saturated heterocycles. The van der Waals surface area contributed by atoms with E-state index in [1.54, 1.807) is 7.11 Å². The molecule has 0 aromatic heterocycles. The van der Waals surface area contributed by atoms with E-state index in [0.717, 1.165) is 12.8 Å². The first-order valence-electron chi connectivity index (χ1n) is 6.30. The molecule has 0 spiro atoms. The number of amides is 1. The summed E-state index contributed by atoms with van der Waals surface area (Å²) in [6, 6.07) is -1.52. The van der Waals surface area contributed by atoms with Gasteiger partial charge in [0.05, 0.1) is 6.04 Å². The Kier molecular flexibility index (Phi) is 9.22. The second kappa shape index (κ2) is 9.85. The lowest BCUT2D eigenvalue weighted by atomic mass is 10.1. The molecule has 0 aromatic rings. The average molecular weight is 260 g/mol. The third-order valence-electron chi connectivity index (χ3n) is 2.66. The molecule has 0 aliphatic carbocycles. The maximum Gasteiger partial charge on any atom is 0.326 e. The highest BCUT2D eigenvalue weighted by molar-refractivity contribution is 5.86. The Labute approximate surface area is 108 Å². The van der Waals surface area contributed by atoms with E-state index >= 15 is 0 Å². The number of aliphatic carboxylic acids is 1. The fourth-order valence-corrected chi connectivity index (χ4v) is 1.52. The van der Waals surface area contributed by atoms with Gasteiger partial charge < -0.3 is 20.9 Å². The first-order chi connectivity index (χ1) is 8.52. The van der Waals surface area contributed by atoms with Crippen LogP contribution >= 0.6 is 0 Å². The van der Waals surface area contributed by atoms with E-state index in [0.29, 0.717) is 25.9 Å². The molecule has 0 aromatic carbocycles. The SMILES string of the molecule is CCCCC(N)C(=O)NC(CCCOC)C(=O)O. The highest BCUT2D eigenvalue weighted by atomic mass is 16.5. The number of carboxylic acid groups (broad SMARTS) is 1. The molecule has 6 heteroatoms. The highest BCUT2D eigenvalue weighted by Crippen LogP contribution is 2.02. The van der Waals surface area contributed by atoms with Crippen molar-refractivity contribution in [2.75, 3.05) is 13.7 Å². The Morgan fingerprint density at radius 2 is 2.00 bits per heavy atom. The summed E-state index contributed by atoms with van der Waals surface area (Å²) in [6.07, 6.45) is 3.31. The summed E-state index contributed by atoms with van der Waals surface area (Å²) in [5, 5.41) is 11.4. The molecule has 0 radical (unpaired) electrons. The third kappa shape index (κ3) is 7.24. The van der Waals surface area contributed by atoms with E-state index in [1.165, 1.54) is 0 Å². The van der Waals surface area contributed by atoms with Gasteiger partial charge in [0.15, 0.2) is 0 Å². The van der Waals surface area contributed by atoms with E-state index in [4.69, 9.17) is 15.6 Å². The van der Waals surface area contributed by atoms with Crippen LogP contribution in [-0.2, 0) is 14.3 Å². The Balaban J connectivity index is 4.14. The maximum absolute atomic E-state index is 11.7. The van der Waals surface area contributed by atoms with Gasteiger partial charge in [-0.25, -0.2) is 4.79 Å². The minimum Gasteiger partial charge on any atom is -0.480 e. The number of unbranched alkanes of at least 4 members (excludes halogenated alkanes) is 1. The van der Waals surface area contributed by atoms with Crippen LogP contribution in [0.1, 0.15) is 39.0 Å². The van der Waals surface area contributed by atoms with Gasteiger partial charge >= 0.3 is 5.97 Å². The molecule has 0 fully saturated rings. The van der Waals surface area contributed by atoms with Crippen LogP contribution < -0.4 is 11.1 Å². The van der Waals surface area contributed by atoms with Crippen LogP contribution in [0.2, 0.25) is 0 Å². The number of carbonyl (C=O) groups excluding carboxylic acids is 1. The van der Waals surface area contributed by atoms with Gasteiger partial charge in [0, 0.05) is 13.7 Å². The van der Waals surface area contributed by atoms with Gasteiger partial charge in [-0.05, 0) is 19.3 Å². The van der Waals surface area contributed by atoms with Crippen molar-refractivity contribution in [3.63, 3.8) is 0 Å². The molecular formula is C12H24N2O4. The van der Waals surface area contributed by atoms with Crippen LogP contribution in [0.4, 0.5) is 0 Å². The van der Waals surface area contributed by atoms with Crippen molar-refractivity contribution >= 4 is 11.9 Å². The number of nitrogens with one attached hydrogen (secondary N) is 1. The van der Waals surface area contributed by atoms with Crippen molar-refractivity contribution in [1.82, 2.24) is 5.32 Å². The van der Waals surface area contributed by atoms with Crippen molar-refractivity contribution in [2.24, 2.45) is 5.73 Å². The average Bonchev–Trinajstić information content (AvgIpc) is 2.34. The number of ether oxygens (including phenoxy) is 1. The zero-order valence-electron chi connectivity index (χ0n) is 11.1. The summed E-state index contributed by atoms with van der Waals surface area (Å²) in [5.41, 5.74) is 5.68. The summed E-state index contributed by atoms with van der Waals surface area (Å²) >= 11 is 0. The molecular weight excluding hydrogens is 236 g/mol. The standard InChI is InChI=1S/C12H24N2O4/c1-3-4-6-9(13)11(15)14-10(12(16)17)7-5-8-18-2/h9-10H,3-8,13H2,1-2H3,(H,14,15)(H,16,17). The van der Waals surface area contributed by atoms with Crippen LogP contribution in [0.25, 0.3) is 0 Å². The fourth-order valence-electron chi connectivity index (χ4n) is 1.52. The van der Waals surface area contributed by atoms with Gasteiger partial charge in [-0.2, -0.15) is 0 Å². The predicted molar refractivity (Wildman–Crippen MR) is 68.2 cm³/mol. The molecule has 0 rings (SSSR count). The lowest BCUT2D eigenvalue weighted by molar-refractivity contribution is -0.142. The smallest absolute Gasteiger partial charge is 0.326 e. The largest absolute Gasteiger partial charge is 0.480 e. The molecule has 2 unspecified atom stereocenters. The molecule has 0 aliphatic heterocycles. The van der Waals surface area contributed by atoms with Crippen molar-refractivity contribution in [2.45, 2.75) is 51.1 Å². The number of hydrogen-bond acceptors (Lipinski definition) is 4. The number of carboxylic acids is 1. The Hall–Kier alpha value is -1.14. The van der Waals surface area contributed by atoms with Crippen molar-refractivity contribution in [3.05, 3.63) is 0 Å². The lowest BCUT2D eigenvalue weighted by Crippen LogP contribution is -2.48. The number of methoxy groups -OCH3 is 1. The van der Waals surface area contributed by atoms with Crippen molar-refractivity contribution in [3.8, 4) is 0 Å². The predicted octanol–water partition coefficient (Wildman–Crippen LogP) is 0.500. The second-order valence-corrected chi connectivity index (χ2v) is 4.28. The Morgan fingerprint density at radius 3 is 2.50 bits per heavy atom. The summed E-state index contributed by atoms with van der Waals surface area (Å²) < 4.78 is 4.85. The van der Waals surface area contributed by atoms with Crippen LogP contribution in [0.15, 0.2) is 0 Å². The van der Waals surface area contributed by atoms with E-state index in [9.17, 15) is 9.59 Å².